The zero-order valence-electron chi connectivity index (χ0n) is 30.9. The predicted molar refractivity (Wildman–Crippen MR) is 226 cm³/mol. The van der Waals surface area contributed by atoms with Gasteiger partial charge < -0.3 is 9.32 Å². The quantitative estimate of drug-likeness (QED) is 0.182. The summed E-state index contributed by atoms with van der Waals surface area (Å²) in [6.07, 6.45) is 0. The molecular formula is C52H39NO. The molecule has 0 radical (unpaired) electrons. The first-order valence-electron chi connectivity index (χ1n) is 19.0. The Balaban J connectivity index is 1.17. The predicted octanol–water partition coefficient (Wildman–Crippen LogP) is 14.5. The van der Waals surface area contributed by atoms with Crippen LogP contribution in [0.1, 0.15) is 49.9 Å². The number of rotatable bonds is 4. The molecule has 0 aliphatic heterocycles. The highest BCUT2D eigenvalue weighted by molar-refractivity contribution is 6.18. The number of benzene rings is 8. The van der Waals surface area contributed by atoms with Gasteiger partial charge in [-0.05, 0) is 91.9 Å². The third-order valence-electron chi connectivity index (χ3n) is 12.5. The molecule has 0 atom stereocenters. The number of furan rings is 1. The van der Waals surface area contributed by atoms with Crippen LogP contribution in [0.3, 0.4) is 0 Å². The Bertz CT molecular complexity index is 3010. The van der Waals surface area contributed by atoms with Gasteiger partial charge in [0.1, 0.15) is 5.58 Å². The highest BCUT2D eigenvalue weighted by Crippen LogP contribution is 2.55. The lowest BCUT2D eigenvalue weighted by atomic mass is 9.82. The summed E-state index contributed by atoms with van der Waals surface area (Å²) >= 11 is 0. The lowest BCUT2D eigenvalue weighted by Crippen LogP contribution is -2.16. The van der Waals surface area contributed by atoms with Crippen molar-refractivity contribution in [1.82, 2.24) is 0 Å². The summed E-state index contributed by atoms with van der Waals surface area (Å²) in [5.74, 6) is 0. The lowest BCUT2D eigenvalue weighted by molar-refractivity contribution is 0.660. The maximum atomic E-state index is 7.03. The van der Waals surface area contributed by atoms with Gasteiger partial charge in [-0.2, -0.15) is 0 Å². The Kier molecular flexibility index (Phi) is 6.39. The molecular weight excluding hydrogens is 655 g/mol. The Morgan fingerprint density at radius 3 is 1.89 bits per heavy atom. The lowest BCUT2D eigenvalue weighted by Gasteiger charge is -2.29. The molecule has 0 unspecified atom stereocenters. The van der Waals surface area contributed by atoms with E-state index in [1.807, 2.05) is 0 Å². The number of fused-ring (bicyclic) bond motifs is 11. The molecule has 2 nitrogen and oxygen atoms in total. The SMILES string of the molecule is CC1(C)c2ccccc2-c2cc(-c3cccc(N(c4cccc5c4-c4ccccc4C5(C)C)c4cccc5c4oc4c6ccccc6ccc54)c3)ccc21. The largest absolute Gasteiger partial charge is 0.453 e. The van der Waals surface area contributed by atoms with Crippen molar-refractivity contribution < 1.29 is 4.42 Å². The van der Waals surface area contributed by atoms with Gasteiger partial charge in [0.15, 0.2) is 5.58 Å². The normalized spacial score (nSPS) is 14.6. The van der Waals surface area contributed by atoms with Gasteiger partial charge in [0.05, 0.1) is 11.4 Å². The van der Waals surface area contributed by atoms with E-state index in [1.54, 1.807) is 0 Å². The smallest absolute Gasteiger partial charge is 0.159 e. The van der Waals surface area contributed by atoms with Gasteiger partial charge in [0.2, 0.25) is 0 Å². The molecule has 258 valence electrons. The Labute approximate surface area is 315 Å². The molecule has 54 heavy (non-hydrogen) atoms. The molecule has 2 aliphatic carbocycles. The van der Waals surface area contributed by atoms with Crippen LogP contribution in [0, 0.1) is 0 Å². The maximum Gasteiger partial charge on any atom is 0.159 e. The van der Waals surface area contributed by atoms with Crippen LogP contribution in [0.2, 0.25) is 0 Å². The zero-order chi connectivity index (χ0) is 36.3. The minimum atomic E-state index is -0.131. The van der Waals surface area contributed by atoms with Crippen LogP contribution in [0.5, 0.6) is 0 Å². The van der Waals surface area contributed by atoms with Gasteiger partial charge in [-0.1, -0.05) is 155 Å². The van der Waals surface area contributed by atoms with Crippen molar-refractivity contribution in [2.24, 2.45) is 0 Å². The molecule has 0 saturated heterocycles. The van der Waals surface area contributed by atoms with E-state index in [-0.39, 0.29) is 10.8 Å². The number of para-hydroxylation sites is 1. The fraction of sp³-hybridized carbons (Fsp3) is 0.115. The summed E-state index contributed by atoms with van der Waals surface area (Å²) in [5.41, 5.74) is 18.0. The Morgan fingerprint density at radius 2 is 1.02 bits per heavy atom. The first-order chi connectivity index (χ1) is 26.3. The van der Waals surface area contributed by atoms with Gasteiger partial charge in [-0.25, -0.2) is 0 Å². The Hall–Kier alpha value is -6.38. The van der Waals surface area contributed by atoms with Crippen molar-refractivity contribution >= 4 is 49.8 Å². The van der Waals surface area contributed by atoms with Crippen molar-refractivity contribution in [3.05, 3.63) is 186 Å². The number of hydrogen-bond acceptors (Lipinski definition) is 2. The summed E-state index contributed by atoms with van der Waals surface area (Å²) in [4.78, 5) is 2.44. The van der Waals surface area contributed by atoms with Crippen molar-refractivity contribution in [2.75, 3.05) is 4.90 Å². The second-order valence-electron chi connectivity index (χ2n) is 16.1. The molecule has 0 fully saturated rings. The molecule has 0 bridgehead atoms. The highest BCUT2D eigenvalue weighted by Gasteiger charge is 2.38. The van der Waals surface area contributed by atoms with Crippen molar-refractivity contribution in [1.29, 1.82) is 0 Å². The van der Waals surface area contributed by atoms with Gasteiger partial charge in [-0.15, -0.1) is 0 Å². The first kappa shape index (κ1) is 31.2. The maximum absolute atomic E-state index is 7.03. The van der Waals surface area contributed by atoms with Crippen LogP contribution in [-0.4, -0.2) is 0 Å². The van der Waals surface area contributed by atoms with E-state index in [0.717, 1.165) is 44.4 Å². The summed E-state index contributed by atoms with van der Waals surface area (Å²) in [6.45, 7) is 9.39. The molecule has 0 spiro atoms. The highest BCUT2D eigenvalue weighted by atomic mass is 16.3. The molecule has 1 heterocycles. The van der Waals surface area contributed by atoms with Crippen LogP contribution < -0.4 is 4.90 Å². The minimum absolute atomic E-state index is 0.0303. The molecule has 2 heteroatoms. The zero-order valence-corrected chi connectivity index (χ0v) is 30.9. The van der Waals surface area contributed by atoms with Crippen LogP contribution in [0.15, 0.2) is 168 Å². The fourth-order valence-corrected chi connectivity index (χ4v) is 9.74. The summed E-state index contributed by atoms with van der Waals surface area (Å²) in [7, 11) is 0. The molecule has 0 N–H and O–H groups in total. The number of nitrogens with zero attached hydrogens (tertiary/aromatic N) is 1. The molecule has 2 aliphatic rings. The average Bonchev–Trinajstić information content (AvgIpc) is 3.79. The molecule has 0 saturated carbocycles. The topological polar surface area (TPSA) is 16.4 Å². The van der Waals surface area contributed by atoms with Crippen LogP contribution >= 0.6 is 0 Å². The second kappa shape index (κ2) is 11.1. The molecule has 0 amide bonds. The van der Waals surface area contributed by atoms with E-state index < -0.39 is 0 Å². The third kappa shape index (κ3) is 4.23. The standard InChI is InChI=1S/C52H39NO/c1-51(2)42-21-9-7-18-37(42)41-31-34(27-29-44(41)51)33-15-11-16-35(30-33)53(46-24-13-23-45-48(46)40-19-8-10-22-43(40)52(45,3)4)47-25-12-20-38-39-28-26-32-14-5-6-17-36(32)49(39)54-50(38)47/h5-31H,1-4H3. The minimum Gasteiger partial charge on any atom is -0.453 e. The summed E-state index contributed by atoms with van der Waals surface area (Å²) in [5, 5.41) is 4.55. The molecule has 1 aromatic heterocycles. The van der Waals surface area contributed by atoms with E-state index in [4.69, 9.17) is 4.42 Å². The van der Waals surface area contributed by atoms with E-state index in [9.17, 15) is 0 Å². The molecule has 11 rings (SSSR count). The molecule has 8 aromatic carbocycles. The number of anilines is 3. The van der Waals surface area contributed by atoms with Gasteiger partial charge >= 0.3 is 0 Å². The van der Waals surface area contributed by atoms with Gasteiger partial charge in [-0.3, -0.25) is 0 Å². The van der Waals surface area contributed by atoms with Crippen LogP contribution in [-0.2, 0) is 10.8 Å². The van der Waals surface area contributed by atoms with E-state index >= 15 is 0 Å². The van der Waals surface area contributed by atoms with Crippen molar-refractivity contribution in [2.45, 2.75) is 38.5 Å². The van der Waals surface area contributed by atoms with E-state index in [1.165, 1.54) is 61.0 Å². The average molecular weight is 694 g/mol. The van der Waals surface area contributed by atoms with Gasteiger partial charge in [0, 0.05) is 38.2 Å². The van der Waals surface area contributed by atoms with Crippen LogP contribution in [0.4, 0.5) is 17.1 Å². The van der Waals surface area contributed by atoms with E-state index in [0.29, 0.717) is 0 Å². The monoisotopic (exact) mass is 693 g/mol. The van der Waals surface area contributed by atoms with Crippen LogP contribution in [0.25, 0.3) is 66.1 Å². The first-order valence-corrected chi connectivity index (χ1v) is 19.0. The molecule has 9 aromatic rings. The third-order valence-corrected chi connectivity index (χ3v) is 12.5. The Morgan fingerprint density at radius 1 is 0.407 bits per heavy atom. The summed E-state index contributed by atoms with van der Waals surface area (Å²) in [6, 6.07) is 60.3. The van der Waals surface area contributed by atoms with Crippen molar-refractivity contribution in [3.8, 4) is 33.4 Å². The van der Waals surface area contributed by atoms with Crippen molar-refractivity contribution in [3.63, 3.8) is 0 Å². The summed E-state index contributed by atoms with van der Waals surface area (Å²) < 4.78 is 7.03. The number of hydrogen-bond donors (Lipinski definition) is 0. The van der Waals surface area contributed by atoms with Gasteiger partial charge in [0.25, 0.3) is 0 Å². The van der Waals surface area contributed by atoms with E-state index in [2.05, 4.69) is 196 Å². The second-order valence-corrected chi connectivity index (χ2v) is 16.1. The fourth-order valence-electron chi connectivity index (χ4n) is 9.74.